The molecule has 0 spiro atoms. The van der Waals surface area contributed by atoms with Gasteiger partial charge in [-0.1, -0.05) is 0 Å². The fraction of sp³-hybridized carbons (Fsp3) is 0.538. The molecule has 1 aromatic rings. The van der Waals surface area contributed by atoms with E-state index in [1.165, 1.54) is 19.0 Å². The molecule has 0 atom stereocenters. The molecule has 0 saturated heterocycles. The molecule has 1 fully saturated rings. The van der Waals surface area contributed by atoms with Crippen molar-refractivity contribution in [3.8, 4) is 0 Å². The molecule has 1 heterocycles. The molecule has 3 N–H and O–H groups in total. The van der Waals surface area contributed by atoms with Crippen LogP contribution in [0, 0.1) is 5.92 Å². The van der Waals surface area contributed by atoms with E-state index in [0.717, 1.165) is 18.9 Å². The fourth-order valence-electron chi connectivity index (χ4n) is 1.62. The van der Waals surface area contributed by atoms with E-state index in [4.69, 9.17) is 10.5 Å². The lowest BCUT2D eigenvalue weighted by atomic mass is 10.2. The van der Waals surface area contributed by atoms with E-state index in [2.05, 4.69) is 10.3 Å². The van der Waals surface area contributed by atoms with E-state index in [1.807, 2.05) is 0 Å². The number of nitrogen functional groups attached to an aromatic ring is 1. The third-order valence-corrected chi connectivity index (χ3v) is 2.90. The van der Waals surface area contributed by atoms with Gasteiger partial charge < -0.3 is 15.8 Å². The maximum absolute atomic E-state index is 11.8. The molecule has 5 heteroatoms. The van der Waals surface area contributed by atoms with Crippen LogP contribution in [0.25, 0.3) is 0 Å². The molecule has 1 aliphatic rings. The molecular formula is C13H19N3O2. The number of carbonyl (C=O) groups excluding carboxylic acids is 1. The van der Waals surface area contributed by atoms with Crippen LogP contribution in [0.15, 0.2) is 18.5 Å². The van der Waals surface area contributed by atoms with Gasteiger partial charge in [0.05, 0.1) is 17.4 Å². The number of amides is 1. The summed E-state index contributed by atoms with van der Waals surface area (Å²) in [6.45, 7) is 2.17. The van der Waals surface area contributed by atoms with Crippen LogP contribution in [0.1, 0.15) is 29.6 Å². The summed E-state index contributed by atoms with van der Waals surface area (Å²) < 4.78 is 5.48. The zero-order chi connectivity index (χ0) is 12.8. The van der Waals surface area contributed by atoms with Crippen molar-refractivity contribution in [2.75, 3.05) is 25.5 Å². The van der Waals surface area contributed by atoms with Gasteiger partial charge in [-0.25, -0.2) is 0 Å². The molecular weight excluding hydrogens is 230 g/mol. The number of aromatic nitrogens is 1. The minimum absolute atomic E-state index is 0.155. The number of pyridine rings is 1. The van der Waals surface area contributed by atoms with Gasteiger partial charge in [0.2, 0.25) is 0 Å². The summed E-state index contributed by atoms with van der Waals surface area (Å²) in [5, 5.41) is 2.82. The maximum atomic E-state index is 11.8. The summed E-state index contributed by atoms with van der Waals surface area (Å²) >= 11 is 0. The molecule has 5 nitrogen and oxygen atoms in total. The number of carbonyl (C=O) groups is 1. The van der Waals surface area contributed by atoms with Gasteiger partial charge in [0, 0.05) is 26.0 Å². The first kappa shape index (κ1) is 12.8. The Morgan fingerprint density at radius 3 is 3.11 bits per heavy atom. The highest BCUT2D eigenvalue weighted by Gasteiger charge is 2.20. The SMILES string of the molecule is Nc1cnccc1C(=O)NCCCOCC1CC1. The lowest BCUT2D eigenvalue weighted by Gasteiger charge is -2.07. The van der Waals surface area contributed by atoms with Crippen molar-refractivity contribution in [3.63, 3.8) is 0 Å². The average Bonchev–Trinajstić information content (AvgIpc) is 3.18. The Labute approximate surface area is 107 Å². The number of nitrogens with one attached hydrogen (secondary N) is 1. The summed E-state index contributed by atoms with van der Waals surface area (Å²) in [4.78, 5) is 15.6. The number of hydrogen-bond donors (Lipinski definition) is 2. The molecule has 0 bridgehead atoms. The first-order valence-corrected chi connectivity index (χ1v) is 6.33. The van der Waals surface area contributed by atoms with Crippen LogP contribution in [-0.4, -0.2) is 30.6 Å². The summed E-state index contributed by atoms with van der Waals surface area (Å²) in [5.74, 6) is 0.633. The summed E-state index contributed by atoms with van der Waals surface area (Å²) in [5.41, 5.74) is 6.54. The molecule has 1 aliphatic carbocycles. The lowest BCUT2D eigenvalue weighted by Crippen LogP contribution is -2.26. The highest BCUT2D eigenvalue weighted by atomic mass is 16.5. The van der Waals surface area contributed by atoms with E-state index >= 15 is 0 Å². The highest BCUT2D eigenvalue weighted by Crippen LogP contribution is 2.28. The largest absolute Gasteiger partial charge is 0.397 e. The Morgan fingerprint density at radius 1 is 1.56 bits per heavy atom. The van der Waals surface area contributed by atoms with Crippen molar-refractivity contribution >= 4 is 11.6 Å². The summed E-state index contributed by atoms with van der Waals surface area (Å²) in [6, 6.07) is 1.62. The predicted molar refractivity (Wildman–Crippen MR) is 69.1 cm³/mol. The van der Waals surface area contributed by atoms with Crippen LogP contribution in [0.5, 0.6) is 0 Å². The minimum atomic E-state index is -0.155. The first-order chi connectivity index (χ1) is 8.77. The number of rotatable bonds is 7. The molecule has 2 rings (SSSR count). The van der Waals surface area contributed by atoms with Crippen LogP contribution >= 0.6 is 0 Å². The van der Waals surface area contributed by atoms with Crippen LogP contribution in [-0.2, 0) is 4.74 Å². The van der Waals surface area contributed by atoms with Gasteiger partial charge in [-0.05, 0) is 31.2 Å². The van der Waals surface area contributed by atoms with E-state index < -0.39 is 0 Å². The zero-order valence-electron chi connectivity index (χ0n) is 10.4. The standard InChI is InChI=1S/C13H19N3O2/c14-12-8-15-6-4-11(12)13(17)16-5-1-7-18-9-10-2-3-10/h4,6,8,10H,1-3,5,7,9,14H2,(H,16,17). The molecule has 0 unspecified atom stereocenters. The Morgan fingerprint density at radius 2 is 2.39 bits per heavy atom. The second-order valence-corrected chi connectivity index (χ2v) is 4.59. The van der Waals surface area contributed by atoms with Crippen molar-refractivity contribution in [2.24, 2.45) is 5.92 Å². The van der Waals surface area contributed by atoms with E-state index in [9.17, 15) is 4.79 Å². The lowest BCUT2D eigenvalue weighted by molar-refractivity contribution is 0.0938. The van der Waals surface area contributed by atoms with E-state index in [-0.39, 0.29) is 5.91 Å². The van der Waals surface area contributed by atoms with Crippen LogP contribution in [0.2, 0.25) is 0 Å². The normalized spacial score (nSPS) is 14.4. The number of ether oxygens (including phenoxy) is 1. The van der Waals surface area contributed by atoms with Gasteiger partial charge >= 0.3 is 0 Å². The maximum Gasteiger partial charge on any atom is 0.253 e. The Bertz CT molecular complexity index is 405. The van der Waals surface area contributed by atoms with E-state index in [0.29, 0.717) is 24.4 Å². The zero-order valence-corrected chi connectivity index (χ0v) is 10.4. The van der Waals surface area contributed by atoms with Crippen molar-refractivity contribution in [1.29, 1.82) is 0 Å². The van der Waals surface area contributed by atoms with Gasteiger partial charge in [0.15, 0.2) is 0 Å². The third-order valence-electron chi connectivity index (χ3n) is 2.90. The van der Waals surface area contributed by atoms with Gasteiger partial charge in [-0.2, -0.15) is 0 Å². The average molecular weight is 249 g/mol. The van der Waals surface area contributed by atoms with Gasteiger partial charge in [-0.3, -0.25) is 9.78 Å². The monoisotopic (exact) mass is 249 g/mol. The van der Waals surface area contributed by atoms with Gasteiger partial charge in [0.1, 0.15) is 0 Å². The summed E-state index contributed by atoms with van der Waals surface area (Å²) in [7, 11) is 0. The van der Waals surface area contributed by atoms with Crippen molar-refractivity contribution in [3.05, 3.63) is 24.0 Å². The molecule has 1 amide bonds. The number of hydrogen-bond acceptors (Lipinski definition) is 4. The highest BCUT2D eigenvalue weighted by molar-refractivity contribution is 5.98. The van der Waals surface area contributed by atoms with Crippen molar-refractivity contribution in [1.82, 2.24) is 10.3 Å². The molecule has 18 heavy (non-hydrogen) atoms. The minimum Gasteiger partial charge on any atom is -0.397 e. The topological polar surface area (TPSA) is 77.2 Å². The molecule has 1 saturated carbocycles. The second kappa shape index (κ2) is 6.35. The molecule has 0 radical (unpaired) electrons. The van der Waals surface area contributed by atoms with Gasteiger partial charge in [0.25, 0.3) is 5.91 Å². The molecule has 0 aromatic carbocycles. The van der Waals surface area contributed by atoms with Crippen LogP contribution in [0.4, 0.5) is 5.69 Å². The van der Waals surface area contributed by atoms with Gasteiger partial charge in [-0.15, -0.1) is 0 Å². The second-order valence-electron chi connectivity index (χ2n) is 4.59. The van der Waals surface area contributed by atoms with Crippen molar-refractivity contribution < 1.29 is 9.53 Å². The number of nitrogens with two attached hydrogens (primary N) is 1. The fourth-order valence-corrected chi connectivity index (χ4v) is 1.62. The molecule has 0 aliphatic heterocycles. The molecule has 98 valence electrons. The third kappa shape index (κ3) is 4.00. The summed E-state index contributed by atoms with van der Waals surface area (Å²) in [6.07, 6.45) is 6.47. The first-order valence-electron chi connectivity index (χ1n) is 6.33. The Kier molecular flexibility index (Phi) is 4.52. The van der Waals surface area contributed by atoms with Crippen LogP contribution in [0.3, 0.4) is 0 Å². The number of nitrogens with zero attached hydrogens (tertiary/aromatic N) is 1. The Balaban J connectivity index is 1.60. The van der Waals surface area contributed by atoms with Crippen molar-refractivity contribution in [2.45, 2.75) is 19.3 Å². The predicted octanol–water partition coefficient (Wildman–Crippen LogP) is 1.21. The molecule has 1 aromatic heterocycles. The smallest absolute Gasteiger partial charge is 0.253 e. The number of anilines is 1. The van der Waals surface area contributed by atoms with Crippen LogP contribution < -0.4 is 11.1 Å². The Hall–Kier alpha value is -1.62. The quantitative estimate of drug-likeness (QED) is 0.712. The van der Waals surface area contributed by atoms with E-state index in [1.54, 1.807) is 12.3 Å².